The number of fused-ring (bicyclic) bond motifs is 2. The number of ether oxygens (including phenoxy) is 1. The maximum Gasteiger partial charge on any atom is 0.303 e. The van der Waals surface area contributed by atoms with Crippen LogP contribution in [-0.4, -0.2) is 33.2 Å². The molecule has 0 radical (unpaired) electrons. The summed E-state index contributed by atoms with van der Waals surface area (Å²) in [5.74, 6) is 0.309. The van der Waals surface area contributed by atoms with Gasteiger partial charge in [0.15, 0.2) is 0 Å². The molecule has 1 saturated heterocycles. The Hall–Kier alpha value is -1.24. The van der Waals surface area contributed by atoms with Gasteiger partial charge >= 0.3 is 5.97 Å². The third-order valence-corrected chi connectivity index (χ3v) is 6.82. The number of carbonyl (C=O) groups is 1. The maximum atomic E-state index is 12.7. The van der Waals surface area contributed by atoms with Gasteiger partial charge in [-0.15, -0.1) is 0 Å². The largest absolute Gasteiger partial charge is 0.457 e. The Morgan fingerprint density at radius 2 is 2.04 bits per heavy atom. The van der Waals surface area contributed by atoms with Crippen LogP contribution in [0.1, 0.15) is 40.0 Å². The summed E-state index contributed by atoms with van der Waals surface area (Å²) in [7, 11) is -1.15. The summed E-state index contributed by atoms with van der Waals surface area (Å²) >= 11 is 0. The molecule has 1 aromatic carbocycles. The summed E-state index contributed by atoms with van der Waals surface area (Å²) in [6, 6.07) is 9.41. The van der Waals surface area contributed by atoms with Crippen molar-refractivity contribution in [2.24, 2.45) is 5.92 Å². The van der Waals surface area contributed by atoms with E-state index in [9.17, 15) is 9.00 Å². The van der Waals surface area contributed by atoms with Crippen LogP contribution in [0.5, 0.6) is 0 Å². The molecule has 1 aliphatic carbocycles. The van der Waals surface area contributed by atoms with Gasteiger partial charge in [0, 0.05) is 11.8 Å². The molecule has 4 unspecified atom stereocenters. The molecule has 5 nitrogen and oxygen atoms in total. The van der Waals surface area contributed by atoms with Gasteiger partial charge in [-0.25, -0.2) is 9.78 Å². The first-order chi connectivity index (χ1) is 11.3. The quantitative estimate of drug-likeness (QED) is 0.616. The molecule has 1 heterocycles. The number of carbonyl (C=O) groups excluding carboxylic acids is 1. The van der Waals surface area contributed by atoms with E-state index in [1.807, 2.05) is 44.2 Å². The monoisotopic (exact) mass is 352 g/mol. The smallest absolute Gasteiger partial charge is 0.303 e. The Morgan fingerprint density at radius 1 is 1.33 bits per heavy atom. The Morgan fingerprint density at radius 3 is 2.71 bits per heavy atom. The first kappa shape index (κ1) is 17.6. The SMILES string of the molecule is CC(=O)OC1(C)CCC2CC1OO[C@@]2(C)CS(=O)c1ccccc1. The van der Waals surface area contributed by atoms with Gasteiger partial charge in [-0.05, 0) is 51.2 Å². The van der Waals surface area contributed by atoms with Crippen molar-refractivity contribution in [2.75, 3.05) is 5.75 Å². The average molecular weight is 352 g/mol. The highest BCUT2D eigenvalue weighted by Crippen LogP contribution is 2.47. The van der Waals surface area contributed by atoms with Gasteiger partial charge in [0.05, 0.1) is 16.6 Å². The number of rotatable bonds is 4. The number of hydrogen-bond donors (Lipinski definition) is 0. The van der Waals surface area contributed by atoms with E-state index >= 15 is 0 Å². The van der Waals surface area contributed by atoms with Crippen LogP contribution in [0.2, 0.25) is 0 Å². The lowest BCUT2D eigenvalue weighted by Crippen LogP contribution is -2.59. The van der Waals surface area contributed by atoms with E-state index in [1.165, 1.54) is 6.92 Å². The van der Waals surface area contributed by atoms with Crippen LogP contribution >= 0.6 is 0 Å². The van der Waals surface area contributed by atoms with Crippen LogP contribution in [0.3, 0.4) is 0 Å². The second kappa shape index (κ2) is 6.58. The number of benzene rings is 1. The van der Waals surface area contributed by atoms with Gasteiger partial charge in [0.25, 0.3) is 0 Å². The lowest BCUT2D eigenvalue weighted by Gasteiger charge is -2.51. The van der Waals surface area contributed by atoms with Crippen LogP contribution in [0.4, 0.5) is 0 Å². The Labute approximate surface area is 145 Å². The van der Waals surface area contributed by atoms with Crippen LogP contribution < -0.4 is 0 Å². The van der Waals surface area contributed by atoms with Gasteiger partial charge < -0.3 is 4.74 Å². The fourth-order valence-electron chi connectivity index (χ4n) is 3.68. The number of esters is 1. The maximum absolute atomic E-state index is 12.7. The predicted octanol–water partition coefficient (Wildman–Crippen LogP) is 3.01. The lowest BCUT2D eigenvalue weighted by molar-refractivity contribution is -0.441. The van der Waals surface area contributed by atoms with Crippen molar-refractivity contribution in [3.63, 3.8) is 0 Å². The molecule has 0 N–H and O–H groups in total. The molecule has 0 spiro atoms. The Bertz CT molecular complexity index is 634. The molecular formula is C18H24O5S. The molecule has 0 amide bonds. The van der Waals surface area contributed by atoms with Crippen molar-refractivity contribution < 1.29 is 23.5 Å². The topological polar surface area (TPSA) is 61.8 Å². The average Bonchev–Trinajstić information content (AvgIpc) is 2.53. The van der Waals surface area contributed by atoms with Gasteiger partial charge in [0.2, 0.25) is 0 Å². The fraction of sp³-hybridized carbons (Fsp3) is 0.611. The molecule has 5 atom stereocenters. The summed E-state index contributed by atoms with van der Waals surface area (Å²) < 4.78 is 18.1. The van der Waals surface area contributed by atoms with Gasteiger partial charge in [-0.1, -0.05) is 18.2 Å². The van der Waals surface area contributed by atoms with E-state index in [1.54, 1.807) is 0 Å². The minimum Gasteiger partial charge on any atom is -0.457 e. The molecule has 1 aliphatic heterocycles. The molecule has 6 heteroatoms. The molecule has 1 saturated carbocycles. The molecule has 2 aliphatic rings. The van der Waals surface area contributed by atoms with E-state index in [4.69, 9.17) is 14.5 Å². The summed E-state index contributed by atoms with van der Waals surface area (Å²) in [6.45, 7) is 5.26. The highest BCUT2D eigenvalue weighted by molar-refractivity contribution is 7.85. The highest BCUT2D eigenvalue weighted by atomic mass is 32.2. The van der Waals surface area contributed by atoms with Crippen molar-refractivity contribution in [1.82, 2.24) is 0 Å². The zero-order chi connectivity index (χ0) is 17.4. The molecule has 24 heavy (non-hydrogen) atoms. The summed E-state index contributed by atoms with van der Waals surface area (Å²) in [6.07, 6.45) is 2.04. The molecule has 0 aromatic heterocycles. The van der Waals surface area contributed by atoms with E-state index in [0.717, 1.165) is 24.2 Å². The van der Waals surface area contributed by atoms with Crippen molar-refractivity contribution >= 4 is 16.8 Å². The molecule has 132 valence electrons. The van der Waals surface area contributed by atoms with Crippen molar-refractivity contribution in [1.29, 1.82) is 0 Å². The summed E-state index contributed by atoms with van der Waals surface area (Å²) in [5, 5.41) is 0. The van der Waals surface area contributed by atoms with Crippen molar-refractivity contribution in [3.8, 4) is 0 Å². The third kappa shape index (κ3) is 3.41. The van der Waals surface area contributed by atoms with E-state index in [-0.39, 0.29) is 18.0 Å². The second-order valence-electron chi connectivity index (χ2n) is 7.16. The zero-order valence-corrected chi connectivity index (χ0v) is 15.1. The standard InChI is InChI=1S/C18H24O5S/c1-13(19)21-17(2)10-9-14-11-16(17)22-23-18(14,3)12-24(20)15-7-5-4-6-8-15/h4-8,14,16H,9-12H2,1-3H3/t14?,16?,17?,18-,24?/m0/s1. The highest BCUT2D eigenvalue weighted by Gasteiger charge is 2.54. The second-order valence-corrected chi connectivity index (χ2v) is 8.61. The molecule has 1 aromatic rings. The van der Waals surface area contributed by atoms with Crippen LogP contribution in [0.15, 0.2) is 35.2 Å². The van der Waals surface area contributed by atoms with Crippen molar-refractivity contribution in [3.05, 3.63) is 30.3 Å². The Kier molecular flexibility index (Phi) is 4.82. The minimum absolute atomic E-state index is 0.229. The van der Waals surface area contributed by atoms with Crippen LogP contribution in [-0.2, 0) is 30.1 Å². The third-order valence-electron chi connectivity index (χ3n) is 5.19. The minimum atomic E-state index is -1.15. The molecule has 3 rings (SSSR count). The fourth-order valence-corrected chi connectivity index (χ4v) is 5.11. The van der Waals surface area contributed by atoms with E-state index in [2.05, 4.69) is 0 Å². The predicted molar refractivity (Wildman–Crippen MR) is 89.6 cm³/mol. The Balaban J connectivity index is 1.70. The van der Waals surface area contributed by atoms with E-state index < -0.39 is 22.0 Å². The van der Waals surface area contributed by atoms with Gasteiger partial charge in [-0.2, -0.15) is 0 Å². The van der Waals surface area contributed by atoms with E-state index in [0.29, 0.717) is 5.75 Å². The van der Waals surface area contributed by atoms with Crippen molar-refractivity contribution in [2.45, 2.75) is 62.2 Å². The summed E-state index contributed by atoms with van der Waals surface area (Å²) in [5.41, 5.74) is -1.25. The molecule has 2 bridgehead atoms. The van der Waals surface area contributed by atoms with Crippen LogP contribution in [0, 0.1) is 5.92 Å². The summed E-state index contributed by atoms with van der Waals surface area (Å²) in [4.78, 5) is 23.5. The first-order valence-electron chi connectivity index (χ1n) is 8.30. The van der Waals surface area contributed by atoms with Gasteiger partial charge in [0.1, 0.15) is 17.3 Å². The first-order valence-corrected chi connectivity index (χ1v) is 9.62. The normalized spacial score (nSPS) is 36.8. The zero-order valence-electron chi connectivity index (χ0n) is 14.3. The number of hydrogen-bond acceptors (Lipinski definition) is 5. The molecular weight excluding hydrogens is 328 g/mol. The molecule has 2 fully saturated rings. The van der Waals surface area contributed by atoms with Crippen LogP contribution in [0.25, 0.3) is 0 Å². The lowest BCUT2D eigenvalue weighted by atomic mass is 9.71. The van der Waals surface area contributed by atoms with Gasteiger partial charge in [-0.3, -0.25) is 9.00 Å².